The standard InChI is InChI=1S/C5H6N2OS/c6-1-4(8)5-2-7-3-9-5/h2-3H,1,6H2. The van der Waals surface area contributed by atoms with Crippen molar-refractivity contribution in [1.29, 1.82) is 0 Å². The average molecular weight is 142 g/mol. The highest BCUT2D eigenvalue weighted by Gasteiger charge is 2.02. The Kier molecular flexibility index (Phi) is 1.92. The van der Waals surface area contributed by atoms with Crippen molar-refractivity contribution in [1.82, 2.24) is 4.98 Å². The van der Waals surface area contributed by atoms with Crippen LogP contribution in [0.4, 0.5) is 0 Å². The van der Waals surface area contributed by atoms with Gasteiger partial charge in [-0.2, -0.15) is 0 Å². The molecule has 0 aromatic carbocycles. The molecule has 0 saturated heterocycles. The summed E-state index contributed by atoms with van der Waals surface area (Å²) < 4.78 is 0. The lowest BCUT2D eigenvalue weighted by molar-refractivity contribution is 0.100. The number of carbonyl (C=O) groups excluding carboxylic acids is 1. The molecule has 0 aliphatic heterocycles. The molecule has 0 fully saturated rings. The summed E-state index contributed by atoms with van der Waals surface area (Å²) in [4.78, 5) is 15.1. The van der Waals surface area contributed by atoms with E-state index >= 15 is 0 Å². The van der Waals surface area contributed by atoms with Gasteiger partial charge in [-0.25, -0.2) is 0 Å². The van der Waals surface area contributed by atoms with Gasteiger partial charge in [0.15, 0.2) is 5.78 Å². The summed E-state index contributed by atoms with van der Waals surface area (Å²) in [5.41, 5.74) is 6.71. The largest absolute Gasteiger partial charge is 0.324 e. The van der Waals surface area contributed by atoms with Gasteiger partial charge in [0, 0.05) is 6.20 Å². The molecule has 0 spiro atoms. The third-order valence-corrected chi connectivity index (χ3v) is 1.71. The molecule has 1 heterocycles. The Morgan fingerprint density at radius 3 is 3.11 bits per heavy atom. The molecule has 0 radical (unpaired) electrons. The van der Waals surface area contributed by atoms with E-state index < -0.39 is 0 Å². The lowest BCUT2D eigenvalue weighted by atomic mass is 10.4. The van der Waals surface area contributed by atoms with Crippen molar-refractivity contribution >= 4 is 17.1 Å². The molecule has 1 aromatic heterocycles. The quantitative estimate of drug-likeness (QED) is 0.603. The Balaban J connectivity index is 2.77. The highest BCUT2D eigenvalue weighted by molar-refractivity contribution is 7.11. The first-order chi connectivity index (χ1) is 4.34. The van der Waals surface area contributed by atoms with Gasteiger partial charge in [0.1, 0.15) is 0 Å². The van der Waals surface area contributed by atoms with Crippen LogP contribution in [0.1, 0.15) is 9.67 Å². The van der Waals surface area contributed by atoms with E-state index in [0.29, 0.717) is 4.88 Å². The summed E-state index contributed by atoms with van der Waals surface area (Å²) >= 11 is 1.31. The van der Waals surface area contributed by atoms with Crippen LogP contribution in [-0.4, -0.2) is 17.3 Å². The van der Waals surface area contributed by atoms with E-state index in [2.05, 4.69) is 4.98 Å². The van der Waals surface area contributed by atoms with Gasteiger partial charge in [0.2, 0.25) is 0 Å². The van der Waals surface area contributed by atoms with E-state index in [1.807, 2.05) is 0 Å². The van der Waals surface area contributed by atoms with Gasteiger partial charge in [-0.1, -0.05) is 0 Å². The van der Waals surface area contributed by atoms with Crippen molar-refractivity contribution < 1.29 is 4.79 Å². The second kappa shape index (κ2) is 2.70. The molecule has 48 valence electrons. The summed E-state index contributed by atoms with van der Waals surface area (Å²) in [6, 6.07) is 0. The van der Waals surface area contributed by atoms with E-state index in [1.165, 1.54) is 17.5 Å². The second-order valence-corrected chi connectivity index (χ2v) is 2.38. The van der Waals surface area contributed by atoms with Crippen LogP contribution in [0.3, 0.4) is 0 Å². The normalized spacial score (nSPS) is 9.44. The third-order valence-electron chi connectivity index (χ3n) is 0.893. The summed E-state index contributed by atoms with van der Waals surface area (Å²) in [6.45, 7) is 0.0716. The Hall–Kier alpha value is -0.740. The van der Waals surface area contributed by atoms with Gasteiger partial charge in [0.25, 0.3) is 0 Å². The van der Waals surface area contributed by atoms with Gasteiger partial charge in [-0.3, -0.25) is 9.78 Å². The number of aromatic nitrogens is 1. The van der Waals surface area contributed by atoms with E-state index in [4.69, 9.17) is 5.73 Å². The van der Waals surface area contributed by atoms with Gasteiger partial charge in [-0.05, 0) is 0 Å². The first-order valence-corrected chi connectivity index (χ1v) is 3.34. The molecule has 2 N–H and O–H groups in total. The van der Waals surface area contributed by atoms with Crippen molar-refractivity contribution in [2.45, 2.75) is 0 Å². The molecule has 9 heavy (non-hydrogen) atoms. The van der Waals surface area contributed by atoms with Crippen molar-refractivity contribution in [2.24, 2.45) is 5.73 Å². The fraction of sp³-hybridized carbons (Fsp3) is 0.200. The van der Waals surface area contributed by atoms with Crippen molar-refractivity contribution in [3.8, 4) is 0 Å². The average Bonchev–Trinajstić information content (AvgIpc) is 2.37. The molecule has 3 nitrogen and oxygen atoms in total. The Morgan fingerprint density at radius 1 is 1.89 bits per heavy atom. The molecule has 0 unspecified atom stereocenters. The van der Waals surface area contributed by atoms with Crippen LogP contribution in [0.15, 0.2) is 11.7 Å². The SMILES string of the molecule is NCC(=O)c1cncs1. The molecule has 1 aromatic rings. The molecular weight excluding hydrogens is 136 g/mol. The third kappa shape index (κ3) is 1.34. The predicted octanol–water partition coefficient (Wildman–Crippen LogP) is 0.284. The molecular formula is C5H6N2OS. The van der Waals surface area contributed by atoms with Crippen LogP contribution in [0.25, 0.3) is 0 Å². The lowest BCUT2D eigenvalue weighted by Gasteiger charge is -1.85. The number of hydrogen-bond acceptors (Lipinski definition) is 4. The minimum absolute atomic E-state index is 0.0440. The minimum atomic E-state index is -0.0440. The van der Waals surface area contributed by atoms with E-state index in [9.17, 15) is 4.79 Å². The first-order valence-electron chi connectivity index (χ1n) is 2.46. The number of thiazole rings is 1. The minimum Gasteiger partial charge on any atom is -0.324 e. The van der Waals surface area contributed by atoms with Gasteiger partial charge >= 0.3 is 0 Å². The first kappa shape index (κ1) is 6.38. The molecule has 4 heteroatoms. The molecule has 0 aliphatic rings. The van der Waals surface area contributed by atoms with Crippen LogP contribution in [0.5, 0.6) is 0 Å². The topological polar surface area (TPSA) is 56.0 Å². The van der Waals surface area contributed by atoms with Crippen LogP contribution >= 0.6 is 11.3 Å². The molecule has 0 atom stereocenters. The van der Waals surface area contributed by atoms with Crippen molar-refractivity contribution in [3.63, 3.8) is 0 Å². The summed E-state index contributed by atoms with van der Waals surface area (Å²) in [5.74, 6) is -0.0440. The molecule has 0 aliphatic carbocycles. The number of nitrogens with two attached hydrogens (primary N) is 1. The molecule has 0 bridgehead atoms. The van der Waals surface area contributed by atoms with Crippen molar-refractivity contribution in [2.75, 3.05) is 6.54 Å². The number of nitrogens with zero attached hydrogens (tertiary/aromatic N) is 1. The number of Topliss-reactive ketones (excluding diaryl/α,β-unsaturated/α-hetero) is 1. The lowest BCUT2D eigenvalue weighted by Crippen LogP contribution is -2.11. The highest BCUT2D eigenvalue weighted by Crippen LogP contribution is 2.04. The Bertz CT molecular complexity index is 195. The van der Waals surface area contributed by atoms with Crippen LogP contribution in [0.2, 0.25) is 0 Å². The van der Waals surface area contributed by atoms with Gasteiger partial charge in [0.05, 0.1) is 16.9 Å². The zero-order chi connectivity index (χ0) is 6.69. The molecule has 0 amide bonds. The van der Waals surface area contributed by atoms with Gasteiger partial charge in [-0.15, -0.1) is 11.3 Å². The van der Waals surface area contributed by atoms with Gasteiger partial charge < -0.3 is 5.73 Å². The summed E-state index contributed by atoms with van der Waals surface area (Å²) in [6.07, 6.45) is 1.53. The fourth-order valence-corrected chi connectivity index (χ4v) is 1.03. The predicted molar refractivity (Wildman–Crippen MR) is 35.5 cm³/mol. The summed E-state index contributed by atoms with van der Waals surface area (Å²) in [5, 5.41) is 0. The number of ketones is 1. The van der Waals surface area contributed by atoms with Crippen LogP contribution < -0.4 is 5.73 Å². The fourth-order valence-electron chi connectivity index (χ4n) is 0.454. The summed E-state index contributed by atoms with van der Waals surface area (Å²) in [7, 11) is 0. The number of hydrogen-bond donors (Lipinski definition) is 1. The Morgan fingerprint density at radius 2 is 2.67 bits per heavy atom. The van der Waals surface area contributed by atoms with E-state index in [0.717, 1.165) is 0 Å². The zero-order valence-corrected chi connectivity index (χ0v) is 5.52. The zero-order valence-electron chi connectivity index (χ0n) is 4.70. The van der Waals surface area contributed by atoms with E-state index in [1.54, 1.807) is 5.51 Å². The highest BCUT2D eigenvalue weighted by atomic mass is 32.1. The van der Waals surface area contributed by atoms with Crippen LogP contribution in [-0.2, 0) is 0 Å². The maximum atomic E-state index is 10.7. The smallest absolute Gasteiger partial charge is 0.187 e. The maximum Gasteiger partial charge on any atom is 0.187 e. The number of carbonyl (C=O) groups is 1. The number of rotatable bonds is 2. The second-order valence-electron chi connectivity index (χ2n) is 1.49. The molecule has 1 rings (SSSR count). The van der Waals surface area contributed by atoms with Crippen LogP contribution in [0, 0.1) is 0 Å². The van der Waals surface area contributed by atoms with Crippen molar-refractivity contribution in [3.05, 3.63) is 16.6 Å². The van der Waals surface area contributed by atoms with E-state index in [-0.39, 0.29) is 12.3 Å². The maximum absolute atomic E-state index is 10.7. The molecule has 0 saturated carbocycles. The monoisotopic (exact) mass is 142 g/mol. The Labute approximate surface area is 56.5 Å².